The number of aliphatic hydroxyl groups excluding tert-OH is 3. The molecule has 3 aliphatic rings. The molecule has 5 atom stereocenters. The summed E-state index contributed by atoms with van der Waals surface area (Å²) in [6.07, 6.45) is 0.120. The number of nitrogens with two attached hydrogens (primary N) is 1. The van der Waals surface area contributed by atoms with Gasteiger partial charge in [0, 0.05) is 0 Å². The van der Waals surface area contributed by atoms with E-state index >= 15 is 0 Å². The summed E-state index contributed by atoms with van der Waals surface area (Å²) >= 11 is 0. The van der Waals surface area contributed by atoms with Crippen LogP contribution in [0.25, 0.3) is 5.82 Å². The van der Waals surface area contributed by atoms with Crippen molar-refractivity contribution in [1.29, 1.82) is 0 Å². The van der Waals surface area contributed by atoms with Crippen LogP contribution < -0.4 is 16.6 Å². The highest BCUT2D eigenvalue weighted by Gasteiger charge is 2.44. The van der Waals surface area contributed by atoms with Gasteiger partial charge >= 0.3 is 0 Å². The highest BCUT2D eigenvalue weighted by Crippen LogP contribution is 2.37. The molecule has 30 heavy (non-hydrogen) atoms. The van der Waals surface area contributed by atoms with E-state index < -0.39 is 31.1 Å². The Morgan fingerprint density at radius 3 is 2.83 bits per heavy atom. The first-order valence-electron chi connectivity index (χ1n) is 10.1. The minimum Gasteiger partial charge on any atom is -0.508 e. The van der Waals surface area contributed by atoms with Gasteiger partial charge in [0.15, 0.2) is 11.7 Å². The number of hydrogen-bond acceptors (Lipinski definition) is 9. The number of rotatable bonds is 3. The molecule has 0 radical (unpaired) electrons. The molecule has 6 N–H and O–H groups in total. The number of ether oxygens (including phenoxy) is 1. The van der Waals surface area contributed by atoms with Crippen molar-refractivity contribution in [2.75, 3.05) is 13.3 Å². The van der Waals surface area contributed by atoms with E-state index in [0.29, 0.717) is 23.3 Å². The van der Waals surface area contributed by atoms with E-state index in [0.717, 1.165) is 24.8 Å². The van der Waals surface area contributed by atoms with Gasteiger partial charge in [0.25, 0.3) is 0 Å². The highest BCUT2D eigenvalue weighted by molar-refractivity contribution is 5.44. The standard InChI is InChI=1S/C20H25N5O5/c21-18-15-19(25(8-22-15)20-17(29)16(28)14(7-26)30-20)23-9-24(18)13-3-1-2-10-4-5-11(27)6-12(10)13/h4-6,8,13-14,16-17,20,26-29H,1-3,7,9,21H2/t13?,14-,16-,17-,20-/m1/s1. The molecule has 1 aliphatic carbocycles. The number of fused-ring (bicyclic) bond motifs is 2. The second kappa shape index (κ2) is 7.24. The summed E-state index contributed by atoms with van der Waals surface area (Å²) in [7, 11) is 0. The van der Waals surface area contributed by atoms with Gasteiger partial charge in [-0.2, -0.15) is 0 Å². The molecule has 160 valence electrons. The fourth-order valence-electron chi connectivity index (χ4n) is 4.70. The van der Waals surface area contributed by atoms with Crippen molar-refractivity contribution in [3.05, 3.63) is 46.5 Å². The van der Waals surface area contributed by atoms with Gasteiger partial charge in [-0.3, -0.25) is 4.57 Å². The lowest BCUT2D eigenvalue weighted by molar-refractivity contribution is -0.0546. The second-order valence-electron chi connectivity index (χ2n) is 8.00. The third-order valence-electron chi connectivity index (χ3n) is 6.27. The third-order valence-corrected chi connectivity index (χ3v) is 6.27. The Hall–Kier alpha value is -2.66. The van der Waals surface area contributed by atoms with Crippen molar-refractivity contribution in [1.82, 2.24) is 14.5 Å². The van der Waals surface area contributed by atoms with Gasteiger partial charge in [0.05, 0.1) is 19.0 Å². The zero-order chi connectivity index (χ0) is 21.0. The topological polar surface area (TPSA) is 150 Å². The zero-order valence-electron chi connectivity index (χ0n) is 16.3. The molecule has 1 fully saturated rings. The van der Waals surface area contributed by atoms with Crippen LogP contribution in [-0.2, 0) is 11.2 Å². The van der Waals surface area contributed by atoms with Crippen LogP contribution in [0.1, 0.15) is 36.2 Å². The SMILES string of the molecule is NC1=c2ncn([C@@H]3O[C@H](CO)[C@@H](O)[C@H]3O)c2=NCN1C1CCCc2ccc(O)cc21. The van der Waals surface area contributed by atoms with Gasteiger partial charge in [-0.05, 0) is 42.5 Å². The zero-order valence-corrected chi connectivity index (χ0v) is 16.3. The van der Waals surface area contributed by atoms with Gasteiger partial charge in [-0.1, -0.05) is 6.07 Å². The molecule has 1 aromatic carbocycles. The molecule has 2 aliphatic heterocycles. The van der Waals surface area contributed by atoms with Crippen LogP contribution in [0.5, 0.6) is 5.75 Å². The van der Waals surface area contributed by atoms with E-state index in [1.807, 2.05) is 11.0 Å². The number of aryl methyl sites for hydroxylation is 1. The van der Waals surface area contributed by atoms with Gasteiger partial charge in [0.1, 0.15) is 41.9 Å². The molecule has 0 bridgehead atoms. The molecule has 5 rings (SSSR count). The molecule has 2 aromatic rings. The van der Waals surface area contributed by atoms with Gasteiger partial charge < -0.3 is 35.8 Å². The van der Waals surface area contributed by atoms with Gasteiger partial charge in [-0.25, -0.2) is 9.98 Å². The Labute approximate surface area is 172 Å². The fraction of sp³-hybridized carbons (Fsp3) is 0.500. The van der Waals surface area contributed by atoms with Crippen molar-refractivity contribution < 1.29 is 25.2 Å². The molecular formula is C20H25N5O5. The Morgan fingerprint density at radius 1 is 1.23 bits per heavy atom. The number of phenols is 1. The molecule has 1 unspecified atom stereocenters. The maximum absolute atomic E-state index is 10.3. The Morgan fingerprint density at radius 2 is 2.07 bits per heavy atom. The molecule has 1 aromatic heterocycles. The number of benzene rings is 1. The van der Waals surface area contributed by atoms with Crippen molar-refractivity contribution in [3.63, 3.8) is 0 Å². The Kier molecular flexibility index (Phi) is 4.66. The van der Waals surface area contributed by atoms with Crippen molar-refractivity contribution >= 4 is 5.82 Å². The maximum Gasteiger partial charge on any atom is 0.165 e. The van der Waals surface area contributed by atoms with Gasteiger partial charge in [-0.15, -0.1) is 0 Å². The molecule has 10 heteroatoms. The van der Waals surface area contributed by atoms with E-state index in [4.69, 9.17) is 10.5 Å². The first-order valence-corrected chi connectivity index (χ1v) is 10.1. The molecule has 10 nitrogen and oxygen atoms in total. The minimum atomic E-state index is -1.22. The predicted molar refractivity (Wildman–Crippen MR) is 104 cm³/mol. The average molecular weight is 415 g/mol. The van der Waals surface area contributed by atoms with Crippen molar-refractivity contribution in [3.8, 4) is 5.75 Å². The number of phenolic OH excluding ortho intramolecular Hbond substituents is 1. The van der Waals surface area contributed by atoms with Crippen LogP contribution in [-0.4, -0.2) is 66.5 Å². The van der Waals surface area contributed by atoms with Crippen molar-refractivity contribution in [2.24, 2.45) is 10.7 Å². The second-order valence-corrected chi connectivity index (χ2v) is 8.00. The molecule has 3 heterocycles. The first-order chi connectivity index (χ1) is 14.5. The van der Waals surface area contributed by atoms with Crippen LogP contribution in [0.15, 0.2) is 29.5 Å². The molecule has 0 spiro atoms. The van der Waals surface area contributed by atoms with Crippen LogP contribution in [0.3, 0.4) is 0 Å². The highest BCUT2D eigenvalue weighted by atomic mass is 16.6. The van der Waals surface area contributed by atoms with Crippen LogP contribution in [0.2, 0.25) is 0 Å². The number of aromatic hydroxyl groups is 1. The Balaban J connectivity index is 1.52. The van der Waals surface area contributed by atoms with Crippen LogP contribution in [0.4, 0.5) is 0 Å². The average Bonchev–Trinajstić information content (AvgIpc) is 3.30. The molecule has 0 amide bonds. The minimum absolute atomic E-state index is 0.0168. The summed E-state index contributed by atoms with van der Waals surface area (Å²) < 4.78 is 7.15. The Bertz CT molecular complexity index is 1090. The number of imidazole rings is 1. The maximum atomic E-state index is 10.3. The number of aromatic nitrogens is 2. The monoisotopic (exact) mass is 415 g/mol. The van der Waals surface area contributed by atoms with Gasteiger partial charge in [0.2, 0.25) is 0 Å². The van der Waals surface area contributed by atoms with E-state index in [2.05, 4.69) is 9.98 Å². The lowest BCUT2D eigenvalue weighted by Gasteiger charge is -2.37. The van der Waals surface area contributed by atoms with Crippen LogP contribution in [0, 0.1) is 0 Å². The first kappa shape index (κ1) is 19.3. The summed E-state index contributed by atoms with van der Waals surface area (Å²) in [4.78, 5) is 11.0. The van der Waals surface area contributed by atoms with E-state index in [1.165, 1.54) is 11.9 Å². The molecular weight excluding hydrogens is 390 g/mol. The predicted octanol–water partition coefficient (Wildman–Crippen LogP) is -1.81. The fourth-order valence-corrected chi connectivity index (χ4v) is 4.70. The number of nitrogens with zero attached hydrogens (tertiary/aromatic N) is 4. The third kappa shape index (κ3) is 2.87. The number of hydrogen-bond donors (Lipinski definition) is 5. The normalized spacial score (nSPS) is 30.7. The lowest BCUT2D eigenvalue weighted by Crippen LogP contribution is -2.48. The lowest BCUT2D eigenvalue weighted by atomic mass is 9.86. The van der Waals surface area contributed by atoms with Crippen molar-refractivity contribution in [2.45, 2.75) is 49.8 Å². The smallest absolute Gasteiger partial charge is 0.165 e. The largest absolute Gasteiger partial charge is 0.508 e. The number of aliphatic hydroxyl groups is 3. The van der Waals surface area contributed by atoms with E-state index in [1.54, 1.807) is 16.7 Å². The summed E-state index contributed by atoms with van der Waals surface area (Å²) in [5, 5.41) is 40.2. The summed E-state index contributed by atoms with van der Waals surface area (Å²) in [6, 6.07) is 5.43. The van der Waals surface area contributed by atoms with E-state index in [-0.39, 0.29) is 11.8 Å². The van der Waals surface area contributed by atoms with Crippen LogP contribution >= 0.6 is 0 Å². The summed E-state index contributed by atoms with van der Waals surface area (Å²) in [6.45, 7) is -0.113. The summed E-state index contributed by atoms with van der Waals surface area (Å²) in [5.41, 5.74) is 9.20. The van der Waals surface area contributed by atoms with E-state index in [9.17, 15) is 20.4 Å². The quantitative estimate of drug-likeness (QED) is 0.394. The molecule has 0 saturated carbocycles. The molecule has 1 saturated heterocycles. The summed E-state index contributed by atoms with van der Waals surface area (Å²) in [5.74, 6) is 0.689.